The average molecular weight is 429 g/mol. The molecule has 1 N–H and O–H groups in total. The van der Waals surface area contributed by atoms with Crippen LogP contribution in [0.25, 0.3) is 0 Å². The zero-order valence-corrected chi connectivity index (χ0v) is 18.4. The number of benzene rings is 3. The predicted molar refractivity (Wildman–Crippen MR) is 125 cm³/mol. The van der Waals surface area contributed by atoms with Crippen molar-refractivity contribution in [2.75, 3.05) is 6.61 Å². The van der Waals surface area contributed by atoms with Crippen molar-refractivity contribution in [1.29, 1.82) is 0 Å². The summed E-state index contributed by atoms with van der Waals surface area (Å²) < 4.78 is 18.3. The Morgan fingerprint density at radius 2 is 1.28 bits per heavy atom. The van der Waals surface area contributed by atoms with E-state index in [1.807, 2.05) is 91.0 Å². The molecule has 0 spiro atoms. The van der Waals surface area contributed by atoms with Gasteiger partial charge in [0.15, 0.2) is 11.5 Å². The Kier molecular flexibility index (Phi) is 6.17. The average Bonchev–Trinajstić information content (AvgIpc) is 3.16. The molecule has 0 saturated heterocycles. The van der Waals surface area contributed by atoms with Gasteiger partial charge in [0.25, 0.3) is 0 Å². The molecule has 0 radical (unpaired) electrons. The minimum atomic E-state index is -1.03. The fourth-order valence-electron chi connectivity index (χ4n) is 4.07. The lowest BCUT2D eigenvalue weighted by atomic mass is 9.80. The number of allylic oxidation sites excluding steroid dienone is 1. The van der Waals surface area contributed by atoms with Gasteiger partial charge in [-0.25, -0.2) is 0 Å². The smallest absolute Gasteiger partial charge is 0.245 e. The van der Waals surface area contributed by atoms with Gasteiger partial charge in [-0.2, -0.15) is 0 Å². The van der Waals surface area contributed by atoms with Crippen LogP contribution in [-0.2, 0) is 19.8 Å². The lowest BCUT2D eigenvalue weighted by Crippen LogP contribution is -2.36. The van der Waals surface area contributed by atoms with Crippen molar-refractivity contribution in [2.45, 2.75) is 31.3 Å². The predicted octanol–water partition coefficient (Wildman–Crippen LogP) is 5.54. The third-order valence-corrected chi connectivity index (χ3v) is 5.44. The molecule has 0 saturated carbocycles. The molecular weight excluding hydrogens is 400 g/mol. The van der Waals surface area contributed by atoms with Gasteiger partial charge in [0, 0.05) is 13.8 Å². The molecule has 0 bridgehead atoms. The molecule has 164 valence electrons. The van der Waals surface area contributed by atoms with E-state index in [4.69, 9.17) is 14.2 Å². The van der Waals surface area contributed by atoms with E-state index in [-0.39, 0.29) is 6.61 Å². The second-order valence-electron chi connectivity index (χ2n) is 8.14. The summed E-state index contributed by atoms with van der Waals surface area (Å²) in [6.07, 6.45) is 0.520. The summed E-state index contributed by atoms with van der Waals surface area (Å²) in [4.78, 5) is 0. The first-order valence-corrected chi connectivity index (χ1v) is 10.7. The summed E-state index contributed by atoms with van der Waals surface area (Å²) in [5, 5.41) is 11.1. The highest BCUT2D eigenvalue weighted by molar-refractivity contribution is 5.47. The van der Waals surface area contributed by atoms with Crippen LogP contribution in [-0.4, -0.2) is 23.6 Å². The van der Waals surface area contributed by atoms with E-state index in [1.54, 1.807) is 19.9 Å². The van der Waals surface area contributed by atoms with Gasteiger partial charge >= 0.3 is 0 Å². The first-order chi connectivity index (χ1) is 15.5. The van der Waals surface area contributed by atoms with Crippen molar-refractivity contribution < 1.29 is 19.3 Å². The number of rotatable bonds is 8. The highest BCUT2D eigenvalue weighted by Gasteiger charge is 2.41. The minimum absolute atomic E-state index is 0.00913. The van der Waals surface area contributed by atoms with Gasteiger partial charge in [0.2, 0.25) is 5.79 Å². The molecule has 0 fully saturated rings. The topological polar surface area (TPSA) is 47.9 Å². The van der Waals surface area contributed by atoms with Crippen molar-refractivity contribution >= 4 is 0 Å². The van der Waals surface area contributed by atoms with Crippen LogP contribution in [0.3, 0.4) is 0 Å². The summed E-state index contributed by atoms with van der Waals surface area (Å²) in [7, 11) is 0. The first-order valence-electron chi connectivity index (χ1n) is 10.7. The number of hydrogen-bond acceptors (Lipinski definition) is 4. The highest BCUT2D eigenvalue weighted by atomic mass is 16.7. The normalized spacial score (nSPS) is 16.2. The van der Waals surface area contributed by atoms with Gasteiger partial charge < -0.3 is 19.3 Å². The van der Waals surface area contributed by atoms with Gasteiger partial charge in [-0.1, -0.05) is 97.6 Å². The highest BCUT2D eigenvalue weighted by Crippen LogP contribution is 2.41. The Labute approximate surface area is 189 Å². The summed E-state index contributed by atoms with van der Waals surface area (Å²) in [5.74, 6) is -0.112. The van der Waals surface area contributed by atoms with Crippen molar-refractivity contribution in [2.24, 2.45) is 0 Å². The summed E-state index contributed by atoms with van der Waals surface area (Å²) in [6.45, 7) is 7.35. The molecule has 3 aromatic carbocycles. The van der Waals surface area contributed by atoms with Crippen LogP contribution >= 0.6 is 0 Å². The van der Waals surface area contributed by atoms with Crippen molar-refractivity contribution in [3.63, 3.8) is 0 Å². The molecule has 4 heteroatoms. The number of aliphatic hydroxyl groups is 1. The second-order valence-corrected chi connectivity index (χ2v) is 8.14. The maximum Gasteiger partial charge on any atom is 0.245 e. The van der Waals surface area contributed by atoms with Crippen LogP contribution in [0.2, 0.25) is 0 Å². The summed E-state index contributed by atoms with van der Waals surface area (Å²) in [5.41, 5.74) is 1.97. The Morgan fingerprint density at radius 1 is 0.844 bits per heavy atom. The standard InChI is InChI=1S/C28H28O4/c1-4-25-26(32-27(2,3)31-25)24(29)20-30-28(21-14-8-5-9-15-21,22-16-10-6-11-17-22)23-18-12-7-13-19-23/h4-19,24,29H,1,20H2,2-3H3/t24-/m1/s1. The van der Waals surface area contributed by atoms with Crippen LogP contribution in [0.15, 0.2) is 115 Å². The van der Waals surface area contributed by atoms with Crippen molar-refractivity contribution in [3.05, 3.63) is 132 Å². The van der Waals surface area contributed by atoms with Gasteiger partial charge in [-0.15, -0.1) is 0 Å². The molecule has 4 nitrogen and oxygen atoms in total. The monoisotopic (exact) mass is 428 g/mol. The molecular formula is C28H28O4. The molecule has 1 heterocycles. The molecule has 1 aliphatic heterocycles. The maximum atomic E-state index is 11.1. The zero-order chi connectivity index (χ0) is 22.6. The third-order valence-electron chi connectivity index (χ3n) is 5.44. The fourth-order valence-corrected chi connectivity index (χ4v) is 4.07. The van der Waals surface area contributed by atoms with Gasteiger partial charge in [0.1, 0.15) is 11.7 Å². The number of aliphatic hydroxyl groups excluding tert-OH is 1. The van der Waals surface area contributed by atoms with Crippen LogP contribution < -0.4 is 0 Å². The van der Waals surface area contributed by atoms with E-state index < -0.39 is 17.5 Å². The molecule has 0 unspecified atom stereocenters. The van der Waals surface area contributed by atoms with Crippen LogP contribution in [0.1, 0.15) is 30.5 Å². The molecule has 32 heavy (non-hydrogen) atoms. The largest absolute Gasteiger partial charge is 0.451 e. The van der Waals surface area contributed by atoms with E-state index in [2.05, 4.69) is 6.58 Å². The molecule has 1 atom stereocenters. The van der Waals surface area contributed by atoms with Crippen molar-refractivity contribution in [3.8, 4) is 0 Å². The molecule has 0 amide bonds. The van der Waals surface area contributed by atoms with Gasteiger partial charge in [-0.05, 0) is 22.8 Å². The maximum absolute atomic E-state index is 11.1. The molecule has 0 aromatic heterocycles. The Balaban J connectivity index is 1.78. The third kappa shape index (κ3) is 4.20. The zero-order valence-electron chi connectivity index (χ0n) is 18.4. The van der Waals surface area contributed by atoms with Crippen LogP contribution in [0, 0.1) is 0 Å². The van der Waals surface area contributed by atoms with Crippen LogP contribution in [0.5, 0.6) is 0 Å². The lowest BCUT2D eigenvalue weighted by Gasteiger charge is -2.36. The molecule has 0 aliphatic carbocycles. The van der Waals surface area contributed by atoms with E-state index >= 15 is 0 Å². The second kappa shape index (κ2) is 9.03. The molecule has 1 aliphatic rings. The SMILES string of the molecule is C=CC1=C([C@H](O)COC(c2ccccc2)(c2ccccc2)c2ccccc2)OC(C)(C)O1. The molecule has 4 rings (SSSR count). The Bertz CT molecular complexity index is 976. The van der Waals surface area contributed by atoms with E-state index in [9.17, 15) is 5.11 Å². The Hall–Kier alpha value is -3.34. The van der Waals surface area contributed by atoms with Gasteiger partial charge in [0.05, 0.1) is 6.61 Å². The lowest BCUT2D eigenvalue weighted by molar-refractivity contribution is -0.134. The van der Waals surface area contributed by atoms with E-state index in [0.717, 1.165) is 16.7 Å². The number of hydrogen-bond donors (Lipinski definition) is 1. The van der Waals surface area contributed by atoms with Gasteiger partial charge in [-0.3, -0.25) is 0 Å². The minimum Gasteiger partial charge on any atom is -0.451 e. The van der Waals surface area contributed by atoms with Crippen molar-refractivity contribution in [1.82, 2.24) is 0 Å². The van der Waals surface area contributed by atoms with E-state index in [1.165, 1.54) is 0 Å². The van der Waals surface area contributed by atoms with Crippen LogP contribution in [0.4, 0.5) is 0 Å². The Morgan fingerprint density at radius 3 is 1.69 bits per heavy atom. The first kappa shape index (κ1) is 21.9. The summed E-state index contributed by atoms with van der Waals surface area (Å²) >= 11 is 0. The quantitative estimate of drug-likeness (QED) is 0.479. The number of ether oxygens (including phenoxy) is 3. The van der Waals surface area contributed by atoms with E-state index in [0.29, 0.717) is 11.5 Å². The fraction of sp³-hybridized carbons (Fsp3) is 0.214. The molecule has 3 aromatic rings. The summed E-state index contributed by atoms with van der Waals surface area (Å²) in [6, 6.07) is 30.1.